The minimum atomic E-state index is 0.607. The molecule has 1 nitrogen and oxygen atoms in total. The predicted octanol–water partition coefficient (Wildman–Crippen LogP) is 4.81. The van der Waals surface area contributed by atoms with Gasteiger partial charge in [-0.3, -0.25) is 0 Å². The molecular weight excluding hydrogens is 265 g/mol. The van der Waals surface area contributed by atoms with Crippen LogP contribution in [-0.2, 0) is 6.42 Å². The standard InChI is InChI=1S/C15H23Cl2N/c1-4-7-18-10-13(11(2)3)8-12-5-6-14(16)9-15(12)17/h5-6,9,11,13,18H,4,7-8,10H2,1-3H3. The molecule has 0 aliphatic carbocycles. The molecule has 0 fully saturated rings. The Balaban J connectivity index is 2.64. The zero-order valence-corrected chi connectivity index (χ0v) is 13.0. The zero-order chi connectivity index (χ0) is 13.5. The van der Waals surface area contributed by atoms with E-state index in [0.29, 0.717) is 16.9 Å². The molecule has 1 aromatic carbocycles. The average Bonchev–Trinajstić information content (AvgIpc) is 2.30. The number of hydrogen-bond donors (Lipinski definition) is 1. The van der Waals surface area contributed by atoms with Gasteiger partial charge in [-0.15, -0.1) is 0 Å². The van der Waals surface area contributed by atoms with Crippen molar-refractivity contribution in [3.8, 4) is 0 Å². The van der Waals surface area contributed by atoms with Gasteiger partial charge in [0.15, 0.2) is 0 Å². The highest BCUT2D eigenvalue weighted by Gasteiger charge is 2.15. The summed E-state index contributed by atoms with van der Waals surface area (Å²) in [6, 6.07) is 5.79. The normalized spacial score (nSPS) is 13.0. The molecule has 0 amide bonds. The van der Waals surface area contributed by atoms with E-state index < -0.39 is 0 Å². The maximum atomic E-state index is 6.23. The number of halogens is 2. The molecule has 102 valence electrons. The number of hydrogen-bond acceptors (Lipinski definition) is 1. The molecule has 0 spiro atoms. The Bertz CT molecular complexity index is 364. The predicted molar refractivity (Wildman–Crippen MR) is 81.7 cm³/mol. The lowest BCUT2D eigenvalue weighted by Crippen LogP contribution is -2.28. The lowest BCUT2D eigenvalue weighted by atomic mass is 9.89. The second kappa shape index (κ2) is 8.04. The topological polar surface area (TPSA) is 12.0 Å². The fourth-order valence-electron chi connectivity index (χ4n) is 1.98. The molecule has 0 saturated heterocycles. The molecule has 0 bridgehead atoms. The van der Waals surface area contributed by atoms with Gasteiger partial charge in [0, 0.05) is 10.0 Å². The van der Waals surface area contributed by atoms with E-state index >= 15 is 0 Å². The summed E-state index contributed by atoms with van der Waals surface area (Å²) in [5.41, 5.74) is 1.19. The number of benzene rings is 1. The Labute approximate surface area is 121 Å². The Kier molecular flexibility index (Phi) is 7.06. The summed E-state index contributed by atoms with van der Waals surface area (Å²) in [6.07, 6.45) is 2.18. The quantitative estimate of drug-likeness (QED) is 0.710. The highest BCUT2D eigenvalue weighted by molar-refractivity contribution is 6.35. The van der Waals surface area contributed by atoms with Gasteiger partial charge < -0.3 is 5.32 Å². The van der Waals surface area contributed by atoms with E-state index in [0.717, 1.165) is 24.5 Å². The fourth-order valence-corrected chi connectivity index (χ4v) is 2.46. The Hall–Kier alpha value is -0.240. The molecule has 3 heteroatoms. The second-order valence-electron chi connectivity index (χ2n) is 5.15. The van der Waals surface area contributed by atoms with Gasteiger partial charge in [-0.25, -0.2) is 0 Å². The average molecular weight is 288 g/mol. The lowest BCUT2D eigenvalue weighted by Gasteiger charge is -2.22. The molecule has 18 heavy (non-hydrogen) atoms. The summed E-state index contributed by atoms with van der Waals surface area (Å²) in [6.45, 7) is 8.85. The van der Waals surface area contributed by atoms with Gasteiger partial charge in [0.1, 0.15) is 0 Å². The van der Waals surface area contributed by atoms with Crippen LogP contribution in [0.5, 0.6) is 0 Å². The van der Waals surface area contributed by atoms with E-state index in [1.807, 2.05) is 18.2 Å². The molecular formula is C15H23Cl2N. The molecule has 0 saturated carbocycles. The molecule has 1 N–H and O–H groups in total. The fraction of sp³-hybridized carbons (Fsp3) is 0.600. The van der Waals surface area contributed by atoms with Gasteiger partial charge >= 0.3 is 0 Å². The van der Waals surface area contributed by atoms with Crippen LogP contribution >= 0.6 is 23.2 Å². The van der Waals surface area contributed by atoms with Crippen LogP contribution in [0.3, 0.4) is 0 Å². The molecule has 0 radical (unpaired) electrons. The van der Waals surface area contributed by atoms with Crippen molar-refractivity contribution in [3.05, 3.63) is 33.8 Å². The van der Waals surface area contributed by atoms with Crippen molar-refractivity contribution in [1.29, 1.82) is 0 Å². The van der Waals surface area contributed by atoms with Gasteiger partial charge in [0.25, 0.3) is 0 Å². The second-order valence-corrected chi connectivity index (χ2v) is 5.99. The number of rotatable bonds is 7. The molecule has 0 heterocycles. The maximum Gasteiger partial charge on any atom is 0.0452 e. The van der Waals surface area contributed by atoms with Crippen LogP contribution in [0.25, 0.3) is 0 Å². The van der Waals surface area contributed by atoms with Crippen molar-refractivity contribution in [2.45, 2.75) is 33.6 Å². The summed E-state index contributed by atoms with van der Waals surface area (Å²) in [4.78, 5) is 0. The summed E-state index contributed by atoms with van der Waals surface area (Å²) in [5, 5.41) is 4.98. The highest BCUT2D eigenvalue weighted by atomic mass is 35.5. The Morgan fingerprint density at radius 2 is 1.94 bits per heavy atom. The van der Waals surface area contributed by atoms with E-state index in [1.54, 1.807) is 0 Å². The molecule has 1 unspecified atom stereocenters. The van der Waals surface area contributed by atoms with Gasteiger partial charge in [0.05, 0.1) is 0 Å². The summed E-state index contributed by atoms with van der Waals surface area (Å²) < 4.78 is 0. The van der Waals surface area contributed by atoms with Crippen LogP contribution in [0.15, 0.2) is 18.2 Å². The van der Waals surface area contributed by atoms with Crippen molar-refractivity contribution in [1.82, 2.24) is 5.32 Å². The van der Waals surface area contributed by atoms with Crippen LogP contribution in [-0.4, -0.2) is 13.1 Å². The molecule has 1 aromatic rings. The van der Waals surface area contributed by atoms with Gasteiger partial charge in [0.2, 0.25) is 0 Å². The minimum Gasteiger partial charge on any atom is -0.316 e. The third-order valence-corrected chi connectivity index (χ3v) is 3.86. The van der Waals surface area contributed by atoms with Gasteiger partial charge in [-0.05, 0) is 55.5 Å². The minimum absolute atomic E-state index is 0.607. The first kappa shape index (κ1) is 15.8. The van der Waals surface area contributed by atoms with E-state index in [4.69, 9.17) is 23.2 Å². The van der Waals surface area contributed by atoms with E-state index in [1.165, 1.54) is 12.0 Å². The smallest absolute Gasteiger partial charge is 0.0452 e. The van der Waals surface area contributed by atoms with Crippen LogP contribution in [0.4, 0.5) is 0 Å². The third kappa shape index (κ3) is 5.17. The summed E-state index contributed by atoms with van der Waals surface area (Å²) >= 11 is 12.2. The largest absolute Gasteiger partial charge is 0.316 e. The van der Waals surface area contributed by atoms with Crippen LogP contribution < -0.4 is 5.32 Å². The first-order chi connectivity index (χ1) is 8.54. The van der Waals surface area contributed by atoms with E-state index in [-0.39, 0.29) is 0 Å². The zero-order valence-electron chi connectivity index (χ0n) is 11.5. The van der Waals surface area contributed by atoms with E-state index in [2.05, 4.69) is 26.1 Å². The molecule has 0 aliphatic heterocycles. The monoisotopic (exact) mass is 287 g/mol. The van der Waals surface area contributed by atoms with E-state index in [9.17, 15) is 0 Å². The SMILES string of the molecule is CCCNCC(Cc1ccc(Cl)cc1Cl)C(C)C. The molecule has 1 atom stereocenters. The van der Waals surface area contributed by atoms with Crippen molar-refractivity contribution >= 4 is 23.2 Å². The summed E-state index contributed by atoms with van der Waals surface area (Å²) in [5.74, 6) is 1.25. The molecule has 0 aromatic heterocycles. The number of nitrogens with one attached hydrogen (secondary N) is 1. The van der Waals surface area contributed by atoms with Gasteiger partial charge in [-0.1, -0.05) is 50.0 Å². The first-order valence-electron chi connectivity index (χ1n) is 6.69. The van der Waals surface area contributed by atoms with Crippen molar-refractivity contribution in [3.63, 3.8) is 0 Å². The Morgan fingerprint density at radius 1 is 1.22 bits per heavy atom. The lowest BCUT2D eigenvalue weighted by molar-refractivity contribution is 0.361. The summed E-state index contributed by atoms with van der Waals surface area (Å²) in [7, 11) is 0. The highest BCUT2D eigenvalue weighted by Crippen LogP contribution is 2.25. The maximum absolute atomic E-state index is 6.23. The van der Waals surface area contributed by atoms with Crippen molar-refractivity contribution in [2.24, 2.45) is 11.8 Å². The first-order valence-corrected chi connectivity index (χ1v) is 7.44. The molecule has 0 aliphatic rings. The van der Waals surface area contributed by atoms with Crippen LogP contribution in [0.2, 0.25) is 10.0 Å². The van der Waals surface area contributed by atoms with Crippen molar-refractivity contribution < 1.29 is 0 Å². The third-order valence-electron chi connectivity index (χ3n) is 3.27. The van der Waals surface area contributed by atoms with Gasteiger partial charge in [-0.2, -0.15) is 0 Å². The van der Waals surface area contributed by atoms with Crippen LogP contribution in [0, 0.1) is 11.8 Å². The molecule has 1 rings (SSSR count). The Morgan fingerprint density at radius 3 is 2.50 bits per heavy atom. The van der Waals surface area contributed by atoms with Crippen LogP contribution in [0.1, 0.15) is 32.8 Å². The van der Waals surface area contributed by atoms with Crippen molar-refractivity contribution in [2.75, 3.05) is 13.1 Å².